The molecule has 3 saturated carbocycles. The Morgan fingerprint density at radius 3 is 2.21 bits per heavy atom. The first kappa shape index (κ1) is 55.9. The highest BCUT2D eigenvalue weighted by molar-refractivity contribution is 7.91. The van der Waals surface area contributed by atoms with Crippen LogP contribution < -0.4 is 26.1 Å². The van der Waals surface area contributed by atoms with Crippen LogP contribution in [0, 0.1) is 41.9 Å². The van der Waals surface area contributed by atoms with Gasteiger partial charge in [0, 0.05) is 43.3 Å². The number of terminal acetylenes is 1. The van der Waals surface area contributed by atoms with Crippen LogP contribution in [0.15, 0.2) is 36.2 Å². The predicted octanol–water partition coefficient (Wildman–Crippen LogP) is 6.71. The van der Waals surface area contributed by atoms with Crippen LogP contribution in [-0.4, -0.2) is 89.9 Å². The third-order valence-corrected chi connectivity index (χ3v) is 13.0. The summed E-state index contributed by atoms with van der Waals surface area (Å²) in [5.74, 6) is -0.959. The van der Waals surface area contributed by atoms with Gasteiger partial charge in [0.1, 0.15) is 17.5 Å². The van der Waals surface area contributed by atoms with Crippen LogP contribution in [0.5, 0.6) is 5.75 Å². The molecule has 1 aromatic carbocycles. The number of ether oxygens (including phenoxy) is 1. The van der Waals surface area contributed by atoms with Gasteiger partial charge in [-0.1, -0.05) is 66.2 Å². The number of nitrogens with two attached hydrogens (primary N) is 1. The second kappa shape index (κ2) is 25.9. The maximum Gasteiger partial charge on any atom is 0.405 e. The normalized spacial score (nSPS) is 20.7. The number of methoxy groups -OCH3 is 1. The zero-order chi connectivity index (χ0) is 48.3. The maximum atomic E-state index is 13.2. The fraction of sp³-hybridized carbons (Fsp3) is 0.636. The minimum Gasteiger partial charge on any atom is -0.497 e. The molecule has 0 radical (unpaired) electrons. The molecule has 6 N–H and O–H groups in total. The highest BCUT2D eigenvalue weighted by Gasteiger charge is 2.58. The van der Waals surface area contributed by atoms with Crippen LogP contribution in [0.2, 0.25) is 0 Å². The smallest absolute Gasteiger partial charge is 0.405 e. The average Bonchev–Trinajstić information content (AvgIpc) is 4.14. The van der Waals surface area contributed by atoms with E-state index >= 15 is 0 Å². The van der Waals surface area contributed by atoms with E-state index in [-0.39, 0.29) is 43.2 Å². The minimum absolute atomic E-state index is 0.0433. The molecule has 19 heteroatoms. The number of sulfonamides is 1. The number of rotatable bonds is 14. The van der Waals surface area contributed by atoms with Crippen molar-refractivity contribution in [3.63, 3.8) is 0 Å². The summed E-state index contributed by atoms with van der Waals surface area (Å²) in [6, 6.07) is 5.07. The molecule has 15 nitrogen and oxygen atoms in total. The lowest BCUT2D eigenvalue weighted by Gasteiger charge is -2.35. The molecule has 1 aromatic heterocycles. The van der Waals surface area contributed by atoms with Crippen LogP contribution in [0.1, 0.15) is 111 Å². The first-order valence-electron chi connectivity index (χ1n) is 21.0. The number of hydrogen-bond acceptors (Lipinski definition) is 9. The van der Waals surface area contributed by atoms with Crippen molar-refractivity contribution in [1.82, 2.24) is 24.9 Å². The van der Waals surface area contributed by atoms with E-state index < -0.39 is 56.7 Å². The van der Waals surface area contributed by atoms with Crippen LogP contribution in [0.4, 0.5) is 18.0 Å². The molecule has 1 saturated heterocycles. The lowest BCUT2D eigenvalue weighted by molar-refractivity contribution is -0.136. The molecule has 6 rings (SSSR count). The second-order valence-electron chi connectivity index (χ2n) is 16.7. The zero-order valence-corrected chi connectivity index (χ0v) is 38.2. The van der Waals surface area contributed by atoms with Crippen molar-refractivity contribution in [3.05, 3.63) is 47.4 Å². The van der Waals surface area contributed by atoms with Gasteiger partial charge in [0.25, 0.3) is 15.6 Å². The highest BCUT2D eigenvalue weighted by Crippen LogP contribution is 2.46. The summed E-state index contributed by atoms with van der Waals surface area (Å²) in [5.41, 5.74) is 5.87. The van der Waals surface area contributed by atoms with Gasteiger partial charge in [-0.3, -0.25) is 23.9 Å². The largest absolute Gasteiger partial charge is 0.497 e. The molecule has 1 unspecified atom stereocenters. The van der Waals surface area contributed by atoms with Crippen molar-refractivity contribution in [2.75, 3.05) is 13.7 Å². The number of hydrogen-bond donors (Lipinski definition) is 5. The molecule has 5 atom stereocenters. The number of nitrogens with zero attached hydrogens (tertiary/aromatic N) is 2. The lowest BCUT2D eigenvalue weighted by Crippen LogP contribution is -2.55. The van der Waals surface area contributed by atoms with Gasteiger partial charge in [0.2, 0.25) is 29.7 Å². The first-order valence-corrected chi connectivity index (χ1v) is 22.5. The van der Waals surface area contributed by atoms with Crippen molar-refractivity contribution in [3.8, 4) is 18.6 Å². The Bertz CT molecular complexity index is 1980. The van der Waals surface area contributed by atoms with E-state index in [1.54, 1.807) is 7.11 Å². The fourth-order valence-corrected chi connectivity index (χ4v) is 8.21. The summed E-state index contributed by atoms with van der Waals surface area (Å²) in [7, 11) is -2.74. The molecule has 354 valence electrons. The van der Waals surface area contributed by atoms with E-state index in [0.717, 1.165) is 54.9 Å². The summed E-state index contributed by atoms with van der Waals surface area (Å²) in [4.78, 5) is 64.6. The Kier molecular flexibility index (Phi) is 22.9. The van der Waals surface area contributed by atoms with Gasteiger partial charge in [-0.05, 0) is 62.0 Å². The average molecular weight is 913 g/mol. The number of primary amides is 1. The molecule has 2 aromatic rings. The molecule has 1 aliphatic heterocycles. The number of fused-ring (bicyclic) bond motifs is 1. The van der Waals surface area contributed by atoms with Gasteiger partial charge in [-0.15, -0.1) is 26.0 Å². The quantitative estimate of drug-likeness (QED) is 0.0582. The van der Waals surface area contributed by atoms with E-state index in [9.17, 15) is 40.8 Å². The van der Waals surface area contributed by atoms with Crippen LogP contribution in [0.25, 0.3) is 11.0 Å². The molecular formula is C44H67F3N6O9S. The number of halogens is 3. The molecule has 0 bridgehead atoms. The van der Waals surface area contributed by atoms with Crippen molar-refractivity contribution < 1.29 is 50.6 Å². The lowest BCUT2D eigenvalue weighted by atomic mass is 9.85. The maximum absolute atomic E-state index is 13.2. The Balaban J connectivity index is 0.000000443. The van der Waals surface area contributed by atoms with Crippen LogP contribution in [0.3, 0.4) is 0 Å². The number of carbonyl (C=O) groups is 4. The van der Waals surface area contributed by atoms with Crippen LogP contribution >= 0.6 is 0 Å². The number of H-pyrrole nitrogens is 1. The number of nitrogens with one attached hydrogen (secondary N) is 3. The van der Waals surface area contributed by atoms with Crippen LogP contribution in [-0.2, 0) is 30.8 Å². The van der Waals surface area contributed by atoms with Crippen molar-refractivity contribution in [2.45, 2.75) is 135 Å². The molecule has 63 heavy (non-hydrogen) atoms. The molecule has 3 aliphatic carbocycles. The number of aromatic nitrogens is 2. The monoisotopic (exact) mass is 912 g/mol. The number of aryl methyl sites for hydroxylation is 1. The summed E-state index contributed by atoms with van der Waals surface area (Å²) in [6.45, 7) is 16.6. The number of amides is 4. The number of carbonyl (C=O) groups excluding carboxylic acids is 3. The molecule has 0 spiro atoms. The van der Waals surface area contributed by atoms with Gasteiger partial charge >= 0.3 is 6.09 Å². The Hall–Kier alpha value is -5.12. The number of likely N-dealkylation sites (tertiary alicyclic amines) is 1. The topological polar surface area (TPSA) is 231 Å². The number of aromatic amines is 1. The Morgan fingerprint density at radius 2 is 1.75 bits per heavy atom. The Labute approximate surface area is 369 Å². The molecular weight excluding hydrogens is 846 g/mol. The van der Waals surface area contributed by atoms with E-state index in [4.69, 9.17) is 14.6 Å². The number of benzene rings is 1. The minimum atomic E-state index is -4.35. The first-order chi connectivity index (χ1) is 29.6. The standard InChI is InChI=1S/C17H22N2O2.C14H26N2O3.C8H10F3NO3S.C2H4.C2H2.CH3NO/c1-21-13-9-10-14-16(11-13)19-17(20)15(18-14)6-4-2-3-5-12-7-8-12;1-6-10-7-8-16(9(10)2)12(17)11(14(3,4)5)15-13(18)19;9-6(10)4-3-5(4)7(13)12-16(14,15)8(11)1-2-8;2*1-2;2-1-3/h9-12H,2-8H2,1H3,(H,19,20);9-11,15H,6-8H2,1-5H3,(H,18,19);4-6H,1-3H2,(H,12,13);1-2H2;1-2H;1H,(H2,2,3)/t;9-,10-,11-;4?,5-;;;/m.10.../s1. The highest BCUT2D eigenvalue weighted by atomic mass is 32.2. The molecule has 4 aliphatic rings. The van der Waals surface area contributed by atoms with Gasteiger partial charge in [-0.25, -0.2) is 31.4 Å². The van der Waals surface area contributed by atoms with Crippen molar-refractivity contribution in [1.29, 1.82) is 0 Å². The van der Waals surface area contributed by atoms with E-state index in [1.165, 1.54) is 36.8 Å². The fourth-order valence-electron chi connectivity index (χ4n) is 6.97. The van der Waals surface area contributed by atoms with E-state index in [0.29, 0.717) is 11.6 Å². The third-order valence-electron chi connectivity index (χ3n) is 11.2. The van der Waals surface area contributed by atoms with E-state index in [2.05, 4.69) is 60.9 Å². The summed E-state index contributed by atoms with van der Waals surface area (Å²) in [6.07, 6.45) is 14.7. The van der Waals surface area contributed by atoms with E-state index in [1.807, 2.05) is 43.9 Å². The predicted molar refractivity (Wildman–Crippen MR) is 237 cm³/mol. The molecule has 4 amide bonds. The Morgan fingerprint density at radius 1 is 1.14 bits per heavy atom. The zero-order valence-electron chi connectivity index (χ0n) is 37.3. The summed E-state index contributed by atoms with van der Waals surface area (Å²) in [5, 5.41) is 8.92. The summed E-state index contributed by atoms with van der Waals surface area (Å²) < 4.78 is 66.6. The van der Waals surface area contributed by atoms with Crippen molar-refractivity contribution in [2.24, 2.45) is 34.8 Å². The van der Waals surface area contributed by atoms with Gasteiger partial charge in [-0.2, -0.15) is 0 Å². The SMILES string of the molecule is C#C.C=C.CC[C@@H]1CCN(C(=O)[C@@H](NC(=O)O)C(C)(C)C)[C@@H]1C.COc1ccc2nc(CCCCCC3CC3)c(=O)[nH]c2c1.NC=O.O=C(NS(=O)(=O)C1(F)CC1)[C@H]1CC1C(F)F. The number of unbranched alkanes of at least 4 members (excludes halogenated alkanes) is 2. The molecule has 4 fully saturated rings. The van der Waals surface area contributed by atoms with Gasteiger partial charge in [0.15, 0.2) is 0 Å². The second-order valence-corrected chi connectivity index (χ2v) is 18.7. The third kappa shape index (κ3) is 17.5. The van der Waals surface area contributed by atoms with Crippen molar-refractivity contribution >= 4 is 45.4 Å². The van der Waals surface area contributed by atoms with Gasteiger partial charge < -0.3 is 30.8 Å². The summed E-state index contributed by atoms with van der Waals surface area (Å²) >= 11 is 0. The van der Waals surface area contributed by atoms with Gasteiger partial charge in [0.05, 0.1) is 18.1 Å². The molecule has 2 heterocycles. The number of alkyl halides is 3. The number of carboxylic acid groups (broad SMARTS) is 1.